The van der Waals surface area contributed by atoms with Gasteiger partial charge in [0.2, 0.25) is 0 Å². The summed E-state index contributed by atoms with van der Waals surface area (Å²) in [6, 6.07) is 9.35. The summed E-state index contributed by atoms with van der Waals surface area (Å²) in [6.45, 7) is 7.44. The Morgan fingerprint density at radius 2 is 2.05 bits per heavy atom. The van der Waals surface area contributed by atoms with Crippen LogP contribution in [0.1, 0.15) is 38.7 Å². The topological polar surface area (TPSA) is 28.2 Å². The van der Waals surface area contributed by atoms with Crippen LogP contribution in [0.25, 0.3) is 10.8 Å². The van der Waals surface area contributed by atoms with Gasteiger partial charge < -0.3 is 10.2 Å². The molecular weight excluding hydrogens is 258 g/mol. The second-order valence-electron chi connectivity index (χ2n) is 5.83. The summed E-state index contributed by atoms with van der Waals surface area (Å²) in [6.07, 6.45) is 5.85. The van der Waals surface area contributed by atoms with Crippen LogP contribution in [-0.4, -0.2) is 24.1 Å². The smallest absolute Gasteiger partial charge is 0.136 e. The predicted molar refractivity (Wildman–Crippen MR) is 89.8 cm³/mol. The minimum atomic E-state index is 0.653. The molecular formula is C18H25N3. The van der Waals surface area contributed by atoms with Gasteiger partial charge in [0.25, 0.3) is 0 Å². The van der Waals surface area contributed by atoms with Crippen LogP contribution in [0.4, 0.5) is 5.82 Å². The molecule has 3 rings (SSSR count). The van der Waals surface area contributed by atoms with E-state index in [1.807, 2.05) is 0 Å². The van der Waals surface area contributed by atoms with Gasteiger partial charge in [-0.15, -0.1) is 0 Å². The molecule has 1 N–H and O–H groups in total. The Morgan fingerprint density at radius 1 is 1.24 bits per heavy atom. The molecule has 0 bridgehead atoms. The maximum Gasteiger partial charge on any atom is 0.136 e. The Balaban J connectivity index is 2.04. The molecule has 1 aromatic heterocycles. The first kappa shape index (κ1) is 14.3. The van der Waals surface area contributed by atoms with E-state index in [-0.39, 0.29) is 0 Å². The van der Waals surface area contributed by atoms with E-state index in [2.05, 4.69) is 54.5 Å². The van der Waals surface area contributed by atoms with Crippen molar-refractivity contribution in [2.24, 2.45) is 0 Å². The molecule has 1 aromatic carbocycles. The lowest BCUT2D eigenvalue weighted by Gasteiger charge is -2.26. The minimum absolute atomic E-state index is 0.653. The summed E-state index contributed by atoms with van der Waals surface area (Å²) in [5.41, 5.74) is 1.29. The zero-order valence-corrected chi connectivity index (χ0v) is 13.1. The standard InChI is InChI=1S/C18H25N3/c1-3-15-8-7-11-21(15)18-17-10-6-5-9-16(17)14(13-20-18)12-19-4-2/h5-6,9-10,13,15,19H,3-4,7-8,11-12H2,1-2H3. The van der Waals surface area contributed by atoms with E-state index in [1.54, 1.807) is 0 Å². The first-order valence-corrected chi connectivity index (χ1v) is 8.19. The van der Waals surface area contributed by atoms with E-state index < -0.39 is 0 Å². The molecule has 1 saturated heterocycles. The molecule has 1 unspecified atom stereocenters. The van der Waals surface area contributed by atoms with Gasteiger partial charge in [-0.3, -0.25) is 0 Å². The summed E-state index contributed by atoms with van der Waals surface area (Å²) < 4.78 is 0. The van der Waals surface area contributed by atoms with Crippen molar-refractivity contribution in [1.82, 2.24) is 10.3 Å². The van der Waals surface area contributed by atoms with Crippen LogP contribution in [0.15, 0.2) is 30.5 Å². The molecule has 21 heavy (non-hydrogen) atoms. The first-order valence-electron chi connectivity index (χ1n) is 8.19. The lowest BCUT2D eigenvalue weighted by Crippen LogP contribution is -2.29. The van der Waals surface area contributed by atoms with Crippen LogP contribution in [-0.2, 0) is 6.54 Å². The molecule has 0 amide bonds. The van der Waals surface area contributed by atoms with Gasteiger partial charge in [-0.2, -0.15) is 0 Å². The van der Waals surface area contributed by atoms with Crippen LogP contribution >= 0.6 is 0 Å². The molecule has 0 aliphatic carbocycles. The molecule has 0 saturated carbocycles. The number of aromatic nitrogens is 1. The van der Waals surface area contributed by atoms with Crippen molar-refractivity contribution in [3.8, 4) is 0 Å². The molecule has 112 valence electrons. The van der Waals surface area contributed by atoms with Crippen LogP contribution in [0.3, 0.4) is 0 Å². The number of pyridine rings is 1. The van der Waals surface area contributed by atoms with E-state index >= 15 is 0 Å². The number of nitrogens with zero attached hydrogens (tertiary/aromatic N) is 2. The SMILES string of the molecule is CCNCc1cnc(N2CCCC2CC)c2ccccc12. The van der Waals surface area contributed by atoms with Crippen molar-refractivity contribution >= 4 is 16.6 Å². The van der Waals surface area contributed by atoms with E-state index in [1.165, 1.54) is 41.4 Å². The Kier molecular flexibility index (Phi) is 4.39. The number of nitrogens with one attached hydrogen (secondary N) is 1. The molecule has 1 fully saturated rings. The fourth-order valence-electron chi connectivity index (χ4n) is 3.40. The number of fused-ring (bicyclic) bond motifs is 1. The van der Waals surface area contributed by atoms with E-state index in [4.69, 9.17) is 4.98 Å². The highest BCUT2D eigenvalue weighted by atomic mass is 15.2. The summed E-state index contributed by atoms with van der Waals surface area (Å²) in [5, 5.41) is 6.05. The van der Waals surface area contributed by atoms with Crippen LogP contribution in [0.5, 0.6) is 0 Å². The lowest BCUT2D eigenvalue weighted by atomic mass is 10.1. The van der Waals surface area contributed by atoms with Crippen molar-refractivity contribution in [2.45, 2.75) is 45.7 Å². The van der Waals surface area contributed by atoms with Gasteiger partial charge in [0.05, 0.1) is 0 Å². The summed E-state index contributed by atoms with van der Waals surface area (Å²) >= 11 is 0. The highest BCUT2D eigenvalue weighted by Crippen LogP contribution is 2.32. The predicted octanol–water partition coefficient (Wildman–Crippen LogP) is 3.72. The molecule has 0 spiro atoms. The first-order chi connectivity index (χ1) is 10.3. The van der Waals surface area contributed by atoms with E-state index in [9.17, 15) is 0 Å². The summed E-state index contributed by atoms with van der Waals surface area (Å²) in [4.78, 5) is 7.34. The molecule has 3 nitrogen and oxygen atoms in total. The molecule has 2 heterocycles. The van der Waals surface area contributed by atoms with Crippen molar-refractivity contribution in [1.29, 1.82) is 0 Å². The van der Waals surface area contributed by atoms with Crippen molar-refractivity contribution in [3.63, 3.8) is 0 Å². The fourth-order valence-corrected chi connectivity index (χ4v) is 3.40. The monoisotopic (exact) mass is 283 g/mol. The number of rotatable bonds is 5. The largest absolute Gasteiger partial charge is 0.353 e. The molecule has 2 aromatic rings. The summed E-state index contributed by atoms with van der Waals surface area (Å²) in [7, 11) is 0. The normalized spacial score (nSPS) is 18.6. The summed E-state index contributed by atoms with van der Waals surface area (Å²) in [5.74, 6) is 1.18. The molecule has 1 aliphatic rings. The number of anilines is 1. The molecule has 1 atom stereocenters. The minimum Gasteiger partial charge on any atom is -0.353 e. The second-order valence-corrected chi connectivity index (χ2v) is 5.83. The zero-order chi connectivity index (χ0) is 14.7. The Morgan fingerprint density at radius 3 is 2.81 bits per heavy atom. The van der Waals surface area contributed by atoms with E-state index in [0.717, 1.165) is 19.6 Å². The highest BCUT2D eigenvalue weighted by Gasteiger charge is 2.25. The van der Waals surface area contributed by atoms with Crippen LogP contribution in [0.2, 0.25) is 0 Å². The van der Waals surface area contributed by atoms with Gasteiger partial charge in [0.1, 0.15) is 5.82 Å². The lowest BCUT2D eigenvalue weighted by molar-refractivity contribution is 0.641. The third-order valence-corrected chi connectivity index (χ3v) is 4.54. The number of benzene rings is 1. The number of hydrogen-bond donors (Lipinski definition) is 1. The average molecular weight is 283 g/mol. The average Bonchev–Trinajstić information content (AvgIpc) is 3.01. The maximum atomic E-state index is 4.83. The Hall–Kier alpha value is -1.61. The Labute approximate surface area is 127 Å². The van der Waals surface area contributed by atoms with Gasteiger partial charge in [0, 0.05) is 30.7 Å². The maximum absolute atomic E-state index is 4.83. The van der Waals surface area contributed by atoms with Gasteiger partial charge in [-0.1, -0.05) is 38.1 Å². The van der Waals surface area contributed by atoms with Crippen LogP contribution < -0.4 is 10.2 Å². The third-order valence-electron chi connectivity index (χ3n) is 4.54. The van der Waals surface area contributed by atoms with Crippen molar-refractivity contribution < 1.29 is 0 Å². The van der Waals surface area contributed by atoms with Crippen LogP contribution in [0, 0.1) is 0 Å². The zero-order valence-electron chi connectivity index (χ0n) is 13.1. The highest BCUT2D eigenvalue weighted by molar-refractivity contribution is 5.94. The molecule has 0 radical (unpaired) electrons. The fraction of sp³-hybridized carbons (Fsp3) is 0.500. The third kappa shape index (κ3) is 2.75. The Bertz CT molecular complexity index is 608. The van der Waals surface area contributed by atoms with Gasteiger partial charge in [-0.25, -0.2) is 4.98 Å². The molecule has 3 heteroatoms. The van der Waals surface area contributed by atoms with Gasteiger partial charge >= 0.3 is 0 Å². The van der Waals surface area contributed by atoms with Gasteiger partial charge in [0.15, 0.2) is 0 Å². The number of hydrogen-bond acceptors (Lipinski definition) is 3. The van der Waals surface area contributed by atoms with Crippen molar-refractivity contribution in [2.75, 3.05) is 18.0 Å². The molecule has 1 aliphatic heterocycles. The van der Waals surface area contributed by atoms with Crippen molar-refractivity contribution in [3.05, 3.63) is 36.0 Å². The van der Waals surface area contributed by atoms with Gasteiger partial charge in [-0.05, 0) is 36.8 Å². The van der Waals surface area contributed by atoms with E-state index in [0.29, 0.717) is 6.04 Å². The second kappa shape index (κ2) is 6.44. The quantitative estimate of drug-likeness (QED) is 0.906.